The Balaban J connectivity index is 0.000000561. The van der Waals surface area contributed by atoms with Crippen LogP contribution in [-0.2, 0) is 0 Å². The molecule has 0 spiro atoms. The lowest BCUT2D eigenvalue weighted by atomic mass is 10.1. The van der Waals surface area contributed by atoms with Gasteiger partial charge >= 0.3 is 0 Å². The Bertz CT molecular complexity index is 282. The van der Waals surface area contributed by atoms with Crippen molar-refractivity contribution in [3.05, 3.63) is 34.9 Å². The van der Waals surface area contributed by atoms with Gasteiger partial charge in [0.1, 0.15) is 0 Å². The Labute approximate surface area is 74.7 Å². The molecule has 0 bridgehead atoms. The van der Waals surface area contributed by atoms with Crippen LogP contribution >= 0.6 is 0 Å². The van der Waals surface area contributed by atoms with Gasteiger partial charge in [-0.3, -0.25) is 0 Å². The van der Waals surface area contributed by atoms with Gasteiger partial charge in [-0.15, -0.1) is 0 Å². The van der Waals surface area contributed by atoms with E-state index in [0.717, 1.165) is 16.7 Å². The standard InChI is InChI=1S/C9H9N.C2H6/c1-7-3-4-8(2)9(5-7)6-10;1-2/h3-5H,1-2H3;1-2H3. The van der Waals surface area contributed by atoms with Crippen LogP contribution in [0.25, 0.3) is 0 Å². The Morgan fingerprint density at radius 1 is 1.17 bits per heavy atom. The average molecular weight is 161 g/mol. The minimum absolute atomic E-state index is 0.778. The maximum absolute atomic E-state index is 8.59. The lowest BCUT2D eigenvalue weighted by Gasteiger charge is -1.96. The van der Waals surface area contributed by atoms with Crippen LogP contribution in [0.5, 0.6) is 0 Å². The van der Waals surface area contributed by atoms with Gasteiger partial charge < -0.3 is 0 Å². The largest absolute Gasteiger partial charge is 0.192 e. The van der Waals surface area contributed by atoms with Crippen molar-refractivity contribution in [1.82, 2.24) is 0 Å². The Hall–Kier alpha value is -1.29. The number of nitriles is 1. The van der Waals surface area contributed by atoms with E-state index in [-0.39, 0.29) is 0 Å². The molecule has 1 rings (SSSR count). The van der Waals surface area contributed by atoms with Gasteiger partial charge in [-0.25, -0.2) is 0 Å². The molecule has 0 aromatic heterocycles. The predicted molar refractivity (Wildman–Crippen MR) is 52.0 cm³/mol. The summed E-state index contributed by atoms with van der Waals surface area (Å²) in [5, 5.41) is 8.59. The van der Waals surface area contributed by atoms with Gasteiger partial charge in [0.2, 0.25) is 0 Å². The van der Waals surface area contributed by atoms with Crippen LogP contribution < -0.4 is 0 Å². The first kappa shape index (κ1) is 10.7. The number of nitrogens with zero attached hydrogens (tertiary/aromatic N) is 1. The summed E-state index contributed by atoms with van der Waals surface area (Å²) in [6, 6.07) is 8.01. The van der Waals surface area contributed by atoms with Crippen LogP contribution in [0.3, 0.4) is 0 Å². The maximum atomic E-state index is 8.59. The molecular weight excluding hydrogens is 146 g/mol. The fourth-order valence-electron chi connectivity index (χ4n) is 0.856. The van der Waals surface area contributed by atoms with Gasteiger partial charge in [-0.05, 0) is 31.0 Å². The molecular formula is C11H15N. The van der Waals surface area contributed by atoms with Crippen molar-refractivity contribution in [3.8, 4) is 6.07 Å². The summed E-state index contributed by atoms with van der Waals surface area (Å²) in [5.74, 6) is 0. The summed E-state index contributed by atoms with van der Waals surface area (Å²) in [5.41, 5.74) is 2.97. The fourth-order valence-corrected chi connectivity index (χ4v) is 0.856. The summed E-state index contributed by atoms with van der Waals surface area (Å²) in [6.07, 6.45) is 0. The van der Waals surface area contributed by atoms with E-state index in [1.54, 1.807) is 0 Å². The third-order valence-electron chi connectivity index (χ3n) is 1.51. The van der Waals surface area contributed by atoms with Crippen LogP contribution in [0.1, 0.15) is 30.5 Å². The summed E-state index contributed by atoms with van der Waals surface area (Å²) in [7, 11) is 0. The Kier molecular flexibility index (Phi) is 4.79. The third kappa shape index (κ3) is 2.75. The van der Waals surface area contributed by atoms with Gasteiger partial charge in [-0.1, -0.05) is 26.0 Å². The van der Waals surface area contributed by atoms with E-state index in [9.17, 15) is 0 Å². The number of hydrogen-bond donors (Lipinski definition) is 0. The number of aryl methyl sites for hydroxylation is 2. The molecule has 1 aromatic rings. The van der Waals surface area contributed by atoms with E-state index in [1.165, 1.54) is 0 Å². The monoisotopic (exact) mass is 161 g/mol. The topological polar surface area (TPSA) is 23.8 Å². The van der Waals surface area contributed by atoms with E-state index in [2.05, 4.69) is 6.07 Å². The number of rotatable bonds is 0. The Morgan fingerprint density at radius 2 is 1.75 bits per heavy atom. The molecule has 1 heteroatoms. The molecule has 0 unspecified atom stereocenters. The second-order valence-electron chi connectivity index (χ2n) is 2.43. The Morgan fingerprint density at radius 3 is 2.17 bits per heavy atom. The van der Waals surface area contributed by atoms with E-state index in [4.69, 9.17) is 5.26 Å². The van der Waals surface area contributed by atoms with E-state index >= 15 is 0 Å². The van der Waals surface area contributed by atoms with Gasteiger partial charge in [0.25, 0.3) is 0 Å². The summed E-state index contributed by atoms with van der Waals surface area (Å²) < 4.78 is 0. The fraction of sp³-hybridized carbons (Fsp3) is 0.364. The zero-order chi connectivity index (χ0) is 9.56. The van der Waals surface area contributed by atoms with Gasteiger partial charge in [0, 0.05) is 0 Å². The zero-order valence-corrected chi connectivity index (χ0v) is 8.18. The molecule has 0 aliphatic heterocycles. The molecule has 0 aliphatic rings. The molecule has 1 nitrogen and oxygen atoms in total. The minimum atomic E-state index is 0.778. The van der Waals surface area contributed by atoms with Gasteiger partial charge in [0.05, 0.1) is 11.6 Å². The first-order valence-electron chi connectivity index (χ1n) is 4.21. The van der Waals surface area contributed by atoms with Crippen LogP contribution in [0.4, 0.5) is 0 Å². The third-order valence-corrected chi connectivity index (χ3v) is 1.51. The minimum Gasteiger partial charge on any atom is -0.192 e. The molecule has 1 aromatic carbocycles. The van der Waals surface area contributed by atoms with Crippen molar-refractivity contribution in [2.24, 2.45) is 0 Å². The van der Waals surface area contributed by atoms with Crippen LogP contribution in [0.2, 0.25) is 0 Å². The van der Waals surface area contributed by atoms with Crippen molar-refractivity contribution in [3.63, 3.8) is 0 Å². The highest BCUT2D eigenvalue weighted by molar-refractivity contribution is 5.39. The number of hydrogen-bond acceptors (Lipinski definition) is 1. The second kappa shape index (κ2) is 5.37. The van der Waals surface area contributed by atoms with Crippen molar-refractivity contribution in [1.29, 1.82) is 5.26 Å². The molecule has 0 radical (unpaired) electrons. The molecule has 0 amide bonds. The van der Waals surface area contributed by atoms with Crippen LogP contribution in [0.15, 0.2) is 18.2 Å². The van der Waals surface area contributed by atoms with Crippen LogP contribution in [-0.4, -0.2) is 0 Å². The molecule has 0 aliphatic carbocycles. The summed E-state index contributed by atoms with van der Waals surface area (Å²) in [4.78, 5) is 0. The normalized spacial score (nSPS) is 7.92. The molecule has 0 N–H and O–H groups in total. The lowest BCUT2D eigenvalue weighted by Crippen LogP contribution is -1.81. The smallest absolute Gasteiger partial charge is 0.0994 e. The van der Waals surface area contributed by atoms with Crippen molar-refractivity contribution in [2.45, 2.75) is 27.7 Å². The predicted octanol–water partition coefficient (Wildman–Crippen LogP) is 3.20. The first-order chi connectivity index (χ1) is 5.74. The van der Waals surface area contributed by atoms with Gasteiger partial charge in [-0.2, -0.15) is 5.26 Å². The van der Waals surface area contributed by atoms with Gasteiger partial charge in [0.15, 0.2) is 0 Å². The van der Waals surface area contributed by atoms with E-state index in [1.807, 2.05) is 45.9 Å². The van der Waals surface area contributed by atoms with E-state index in [0.29, 0.717) is 0 Å². The highest BCUT2D eigenvalue weighted by atomic mass is 14.2. The molecule has 64 valence electrons. The quantitative estimate of drug-likeness (QED) is 0.573. The highest BCUT2D eigenvalue weighted by Gasteiger charge is 1.94. The summed E-state index contributed by atoms with van der Waals surface area (Å²) in [6.45, 7) is 7.93. The van der Waals surface area contributed by atoms with Crippen LogP contribution in [0, 0.1) is 25.2 Å². The molecule has 0 atom stereocenters. The summed E-state index contributed by atoms with van der Waals surface area (Å²) >= 11 is 0. The maximum Gasteiger partial charge on any atom is 0.0994 e. The first-order valence-corrected chi connectivity index (χ1v) is 4.21. The lowest BCUT2D eigenvalue weighted by molar-refractivity contribution is 1.35. The number of benzene rings is 1. The molecule has 0 fully saturated rings. The second-order valence-corrected chi connectivity index (χ2v) is 2.43. The van der Waals surface area contributed by atoms with Crippen molar-refractivity contribution >= 4 is 0 Å². The highest BCUT2D eigenvalue weighted by Crippen LogP contribution is 2.08. The molecule has 0 saturated carbocycles. The SMILES string of the molecule is CC.Cc1ccc(C)c(C#N)c1. The zero-order valence-electron chi connectivity index (χ0n) is 8.18. The van der Waals surface area contributed by atoms with Crippen molar-refractivity contribution < 1.29 is 0 Å². The molecule has 12 heavy (non-hydrogen) atoms. The average Bonchev–Trinajstić information content (AvgIpc) is 2.13. The van der Waals surface area contributed by atoms with Crippen molar-refractivity contribution in [2.75, 3.05) is 0 Å². The van der Waals surface area contributed by atoms with E-state index < -0.39 is 0 Å². The molecule has 0 heterocycles. The molecule has 0 saturated heterocycles.